The zero-order valence-electron chi connectivity index (χ0n) is 11.6. The van der Waals surface area contributed by atoms with Crippen LogP contribution in [0.15, 0.2) is 24.5 Å². The second-order valence-electron chi connectivity index (χ2n) is 5.42. The van der Waals surface area contributed by atoms with Gasteiger partial charge in [0.05, 0.1) is 17.4 Å². The Balaban J connectivity index is 2.00. The normalized spacial score (nSPS) is 12.2. The summed E-state index contributed by atoms with van der Waals surface area (Å²) in [6.45, 7) is 6.17. The van der Waals surface area contributed by atoms with Crippen LogP contribution >= 0.6 is 0 Å². The third-order valence-corrected chi connectivity index (χ3v) is 3.36. The van der Waals surface area contributed by atoms with E-state index in [9.17, 15) is 0 Å². The average Bonchev–Trinajstić information content (AvgIpc) is 2.71. The van der Waals surface area contributed by atoms with Gasteiger partial charge in [-0.05, 0) is 38.6 Å². The Hall–Kier alpha value is -1.39. The number of aryl methyl sites for hydroxylation is 1. The highest BCUT2D eigenvalue weighted by molar-refractivity contribution is 5.75. The topological polar surface area (TPSA) is 41.9 Å². The predicted molar refractivity (Wildman–Crippen MR) is 75.6 cm³/mol. The van der Waals surface area contributed by atoms with Crippen molar-refractivity contribution in [3.05, 3.63) is 30.1 Å². The Labute approximate surface area is 108 Å². The highest BCUT2D eigenvalue weighted by Gasteiger charge is 2.13. The molecule has 2 aromatic rings. The lowest BCUT2D eigenvalue weighted by Crippen LogP contribution is -2.45. The van der Waals surface area contributed by atoms with Crippen LogP contribution in [0.2, 0.25) is 0 Å². The zero-order valence-corrected chi connectivity index (χ0v) is 11.6. The summed E-state index contributed by atoms with van der Waals surface area (Å²) in [5.41, 5.74) is 3.63. The summed E-state index contributed by atoms with van der Waals surface area (Å²) in [5.74, 6) is 0. The van der Waals surface area contributed by atoms with Crippen LogP contribution in [0.25, 0.3) is 11.0 Å². The molecule has 1 heterocycles. The van der Waals surface area contributed by atoms with Crippen molar-refractivity contribution >= 4 is 11.0 Å². The van der Waals surface area contributed by atoms with Gasteiger partial charge >= 0.3 is 0 Å². The van der Waals surface area contributed by atoms with E-state index in [4.69, 9.17) is 0 Å². The van der Waals surface area contributed by atoms with Gasteiger partial charge in [-0.3, -0.25) is 0 Å². The molecule has 18 heavy (non-hydrogen) atoms. The molecule has 1 aromatic carbocycles. The molecule has 4 nitrogen and oxygen atoms in total. The molecule has 0 amide bonds. The fourth-order valence-corrected chi connectivity index (χ4v) is 1.90. The van der Waals surface area contributed by atoms with E-state index in [-0.39, 0.29) is 5.54 Å². The van der Waals surface area contributed by atoms with E-state index in [0.717, 1.165) is 18.6 Å². The van der Waals surface area contributed by atoms with Crippen molar-refractivity contribution in [2.45, 2.75) is 25.9 Å². The Bertz CT molecular complexity index is 528. The van der Waals surface area contributed by atoms with E-state index in [2.05, 4.69) is 47.7 Å². The van der Waals surface area contributed by atoms with E-state index in [1.54, 1.807) is 0 Å². The minimum atomic E-state index is 0.120. The molecule has 0 spiro atoms. The molecule has 0 fully saturated rings. The van der Waals surface area contributed by atoms with Crippen LogP contribution in [0, 0.1) is 0 Å². The number of hydrogen-bond donors (Lipinski definition) is 2. The minimum Gasteiger partial charge on any atom is -0.334 e. The summed E-state index contributed by atoms with van der Waals surface area (Å²) in [6.07, 6.45) is 1.85. The van der Waals surface area contributed by atoms with Gasteiger partial charge in [0.1, 0.15) is 0 Å². The minimum absolute atomic E-state index is 0.120. The van der Waals surface area contributed by atoms with Gasteiger partial charge in [0.15, 0.2) is 0 Å². The van der Waals surface area contributed by atoms with Crippen molar-refractivity contribution in [1.82, 2.24) is 20.2 Å². The highest BCUT2D eigenvalue weighted by atomic mass is 15.0. The number of fused-ring (bicyclic) bond motifs is 1. The van der Waals surface area contributed by atoms with Gasteiger partial charge in [0, 0.05) is 25.7 Å². The molecular weight excluding hydrogens is 224 g/mol. The number of benzene rings is 1. The lowest BCUT2D eigenvalue weighted by Gasteiger charge is -2.24. The van der Waals surface area contributed by atoms with E-state index in [0.29, 0.717) is 0 Å². The molecule has 0 aliphatic heterocycles. The maximum Gasteiger partial charge on any atom is 0.0955 e. The fourth-order valence-electron chi connectivity index (χ4n) is 1.90. The Morgan fingerprint density at radius 1 is 1.33 bits per heavy atom. The van der Waals surface area contributed by atoms with Gasteiger partial charge in [0.25, 0.3) is 0 Å². The van der Waals surface area contributed by atoms with Crippen LogP contribution in [-0.2, 0) is 13.6 Å². The molecule has 0 bridgehead atoms. The molecule has 1 aromatic heterocycles. The number of imidazole rings is 1. The SMILES string of the molecule is CNC(C)(C)CNCc1ccc2c(c1)ncn2C. The van der Waals surface area contributed by atoms with Crippen LogP contribution in [0.3, 0.4) is 0 Å². The summed E-state index contributed by atoms with van der Waals surface area (Å²) < 4.78 is 2.04. The quantitative estimate of drug-likeness (QED) is 0.843. The maximum absolute atomic E-state index is 4.37. The molecule has 0 radical (unpaired) electrons. The summed E-state index contributed by atoms with van der Waals surface area (Å²) in [5, 5.41) is 6.75. The van der Waals surface area contributed by atoms with Gasteiger partial charge in [-0.15, -0.1) is 0 Å². The Kier molecular flexibility index (Phi) is 3.68. The smallest absolute Gasteiger partial charge is 0.0955 e. The summed E-state index contributed by atoms with van der Waals surface area (Å²) >= 11 is 0. The molecule has 0 aliphatic carbocycles. The number of likely N-dealkylation sites (N-methyl/N-ethyl adjacent to an activating group) is 1. The Morgan fingerprint density at radius 2 is 2.11 bits per heavy atom. The lowest BCUT2D eigenvalue weighted by molar-refractivity contribution is 0.393. The average molecular weight is 246 g/mol. The van der Waals surface area contributed by atoms with Crippen molar-refractivity contribution in [3.63, 3.8) is 0 Å². The van der Waals surface area contributed by atoms with Crippen LogP contribution in [-0.4, -0.2) is 28.7 Å². The van der Waals surface area contributed by atoms with Gasteiger partial charge in [0.2, 0.25) is 0 Å². The molecule has 2 N–H and O–H groups in total. The third-order valence-electron chi connectivity index (χ3n) is 3.36. The Morgan fingerprint density at radius 3 is 2.83 bits per heavy atom. The molecule has 98 valence electrons. The van der Waals surface area contributed by atoms with Gasteiger partial charge < -0.3 is 15.2 Å². The molecular formula is C14H22N4. The lowest BCUT2D eigenvalue weighted by atomic mass is 10.1. The van der Waals surface area contributed by atoms with Crippen molar-refractivity contribution in [3.8, 4) is 0 Å². The molecule has 0 saturated carbocycles. The van der Waals surface area contributed by atoms with Crippen LogP contribution in [0.1, 0.15) is 19.4 Å². The van der Waals surface area contributed by atoms with E-state index in [1.807, 2.05) is 25.0 Å². The highest BCUT2D eigenvalue weighted by Crippen LogP contribution is 2.13. The molecule has 0 saturated heterocycles. The van der Waals surface area contributed by atoms with Gasteiger partial charge in [-0.2, -0.15) is 0 Å². The van der Waals surface area contributed by atoms with Crippen molar-refractivity contribution in [2.24, 2.45) is 7.05 Å². The van der Waals surface area contributed by atoms with E-state index < -0.39 is 0 Å². The first-order chi connectivity index (χ1) is 8.52. The van der Waals surface area contributed by atoms with Crippen LogP contribution < -0.4 is 10.6 Å². The maximum atomic E-state index is 4.37. The molecule has 2 rings (SSSR count). The van der Waals surface area contributed by atoms with E-state index >= 15 is 0 Å². The first-order valence-corrected chi connectivity index (χ1v) is 6.31. The first-order valence-electron chi connectivity index (χ1n) is 6.31. The molecule has 0 atom stereocenters. The second-order valence-corrected chi connectivity index (χ2v) is 5.42. The summed E-state index contributed by atoms with van der Waals surface area (Å²) in [7, 11) is 4.00. The first kappa shape index (κ1) is 13.1. The predicted octanol–water partition coefficient (Wildman–Crippen LogP) is 1.66. The van der Waals surface area contributed by atoms with Crippen molar-refractivity contribution < 1.29 is 0 Å². The number of rotatable bonds is 5. The van der Waals surface area contributed by atoms with Gasteiger partial charge in [-0.1, -0.05) is 6.07 Å². The van der Waals surface area contributed by atoms with Crippen molar-refractivity contribution in [2.75, 3.05) is 13.6 Å². The fraction of sp³-hybridized carbons (Fsp3) is 0.500. The summed E-state index contributed by atoms with van der Waals surface area (Å²) in [6, 6.07) is 6.43. The molecule has 0 aliphatic rings. The van der Waals surface area contributed by atoms with Crippen LogP contribution in [0.5, 0.6) is 0 Å². The van der Waals surface area contributed by atoms with Gasteiger partial charge in [-0.25, -0.2) is 4.98 Å². The van der Waals surface area contributed by atoms with Crippen LogP contribution in [0.4, 0.5) is 0 Å². The summed E-state index contributed by atoms with van der Waals surface area (Å²) in [4.78, 5) is 4.37. The van der Waals surface area contributed by atoms with E-state index in [1.165, 1.54) is 11.1 Å². The number of nitrogens with zero attached hydrogens (tertiary/aromatic N) is 2. The molecule has 0 unspecified atom stereocenters. The number of nitrogens with one attached hydrogen (secondary N) is 2. The largest absolute Gasteiger partial charge is 0.334 e. The second kappa shape index (κ2) is 5.08. The monoisotopic (exact) mass is 246 g/mol. The molecule has 4 heteroatoms. The van der Waals surface area contributed by atoms with Crippen molar-refractivity contribution in [1.29, 1.82) is 0 Å². The number of hydrogen-bond acceptors (Lipinski definition) is 3. The number of aromatic nitrogens is 2. The standard InChI is InChI=1S/C14H22N4/c1-14(2,15-3)9-16-8-11-5-6-13-12(7-11)17-10-18(13)4/h5-7,10,15-16H,8-9H2,1-4H3. The third kappa shape index (κ3) is 2.89. The zero-order chi connectivity index (χ0) is 13.2.